The Morgan fingerprint density at radius 2 is 1.94 bits per heavy atom. The third-order valence-corrected chi connectivity index (χ3v) is 3.45. The quantitative estimate of drug-likeness (QED) is 0.708. The molecule has 0 saturated carbocycles. The van der Waals surface area contributed by atoms with Crippen LogP contribution in [0, 0.1) is 5.92 Å². The first-order valence-electron chi connectivity index (χ1n) is 6.15. The SMILES string of the molecule is CC(C)N1CCC2=NN(C(C)C)C(=O)C2C1. The maximum Gasteiger partial charge on any atom is 0.253 e. The lowest BCUT2D eigenvalue weighted by Crippen LogP contribution is -2.46. The molecule has 4 heteroatoms. The van der Waals surface area contributed by atoms with E-state index in [9.17, 15) is 4.79 Å². The van der Waals surface area contributed by atoms with Crippen molar-refractivity contribution in [3.63, 3.8) is 0 Å². The van der Waals surface area contributed by atoms with Crippen molar-refractivity contribution in [2.75, 3.05) is 13.1 Å². The van der Waals surface area contributed by atoms with Gasteiger partial charge in [0.05, 0.1) is 11.6 Å². The highest BCUT2D eigenvalue weighted by molar-refractivity contribution is 6.08. The molecule has 1 atom stereocenters. The molecule has 2 rings (SSSR count). The van der Waals surface area contributed by atoms with Gasteiger partial charge in [-0.1, -0.05) is 0 Å². The van der Waals surface area contributed by atoms with Crippen LogP contribution in [0.25, 0.3) is 0 Å². The van der Waals surface area contributed by atoms with Crippen LogP contribution >= 0.6 is 0 Å². The van der Waals surface area contributed by atoms with Gasteiger partial charge in [-0.3, -0.25) is 9.69 Å². The van der Waals surface area contributed by atoms with E-state index in [1.807, 2.05) is 13.8 Å². The molecule has 0 aromatic heterocycles. The van der Waals surface area contributed by atoms with E-state index in [4.69, 9.17) is 0 Å². The summed E-state index contributed by atoms with van der Waals surface area (Å²) in [5.74, 6) is 0.217. The van der Waals surface area contributed by atoms with Crippen LogP contribution in [-0.4, -0.2) is 46.7 Å². The smallest absolute Gasteiger partial charge is 0.253 e. The molecule has 0 N–H and O–H groups in total. The monoisotopic (exact) mass is 223 g/mol. The largest absolute Gasteiger partial charge is 0.299 e. The number of piperidine rings is 1. The lowest BCUT2D eigenvalue weighted by molar-refractivity contribution is -0.134. The Morgan fingerprint density at radius 1 is 1.25 bits per heavy atom. The van der Waals surface area contributed by atoms with Gasteiger partial charge >= 0.3 is 0 Å². The number of hydrogen-bond acceptors (Lipinski definition) is 3. The standard InChI is InChI=1S/C12H21N3O/c1-8(2)14-6-5-11-10(7-14)12(16)15(13-11)9(3)4/h8-10H,5-7H2,1-4H3. The van der Waals surface area contributed by atoms with E-state index >= 15 is 0 Å². The van der Waals surface area contributed by atoms with E-state index in [1.54, 1.807) is 5.01 Å². The van der Waals surface area contributed by atoms with Gasteiger partial charge in [0.2, 0.25) is 0 Å². The van der Waals surface area contributed by atoms with Gasteiger partial charge in [0, 0.05) is 31.6 Å². The molecular weight excluding hydrogens is 202 g/mol. The Hall–Kier alpha value is -0.900. The molecule has 4 nitrogen and oxygen atoms in total. The van der Waals surface area contributed by atoms with Crippen molar-refractivity contribution in [1.29, 1.82) is 0 Å². The van der Waals surface area contributed by atoms with Gasteiger partial charge < -0.3 is 0 Å². The molecule has 90 valence electrons. The summed E-state index contributed by atoms with van der Waals surface area (Å²) < 4.78 is 0. The first-order chi connectivity index (χ1) is 7.50. The normalized spacial score (nSPS) is 26.6. The molecule has 1 fully saturated rings. The van der Waals surface area contributed by atoms with Crippen molar-refractivity contribution in [1.82, 2.24) is 9.91 Å². The van der Waals surface area contributed by atoms with Crippen LogP contribution in [0.5, 0.6) is 0 Å². The number of fused-ring (bicyclic) bond motifs is 1. The summed E-state index contributed by atoms with van der Waals surface area (Å²) in [6.45, 7) is 10.3. The summed E-state index contributed by atoms with van der Waals surface area (Å²) in [5.41, 5.74) is 1.09. The zero-order chi connectivity index (χ0) is 11.9. The van der Waals surface area contributed by atoms with Gasteiger partial charge in [-0.2, -0.15) is 5.10 Å². The Morgan fingerprint density at radius 3 is 2.50 bits per heavy atom. The fourth-order valence-corrected chi connectivity index (χ4v) is 2.39. The van der Waals surface area contributed by atoms with Crippen molar-refractivity contribution in [2.24, 2.45) is 11.0 Å². The van der Waals surface area contributed by atoms with E-state index in [2.05, 4.69) is 23.8 Å². The molecule has 1 amide bonds. The van der Waals surface area contributed by atoms with Crippen LogP contribution in [-0.2, 0) is 4.79 Å². The van der Waals surface area contributed by atoms with Crippen molar-refractivity contribution in [3.8, 4) is 0 Å². The molecule has 0 aliphatic carbocycles. The van der Waals surface area contributed by atoms with E-state index in [0.29, 0.717) is 6.04 Å². The van der Waals surface area contributed by atoms with Gasteiger partial charge in [-0.05, 0) is 27.7 Å². The summed E-state index contributed by atoms with van der Waals surface area (Å²) in [5, 5.41) is 6.11. The van der Waals surface area contributed by atoms with Gasteiger partial charge in [-0.15, -0.1) is 0 Å². The lowest BCUT2D eigenvalue weighted by Gasteiger charge is -2.33. The zero-order valence-corrected chi connectivity index (χ0v) is 10.6. The third kappa shape index (κ3) is 1.86. The van der Waals surface area contributed by atoms with E-state index in [-0.39, 0.29) is 17.9 Å². The minimum absolute atomic E-state index is 0.0264. The second-order valence-corrected chi connectivity index (χ2v) is 5.26. The Bertz CT molecular complexity index is 322. The number of amides is 1. The fraction of sp³-hybridized carbons (Fsp3) is 0.833. The summed E-state index contributed by atoms with van der Waals surface area (Å²) in [6.07, 6.45) is 0.942. The number of likely N-dealkylation sites (tertiary alicyclic amines) is 1. The summed E-state index contributed by atoms with van der Waals surface area (Å²) >= 11 is 0. The van der Waals surface area contributed by atoms with Crippen molar-refractivity contribution in [2.45, 2.75) is 46.2 Å². The number of carbonyl (C=O) groups is 1. The maximum atomic E-state index is 12.1. The lowest BCUT2D eigenvalue weighted by atomic mass is 9.95. The highest BCUT2D eigenvalue weighted by Crippen LogP contribution is 2.25. The van der Waals surface area contributed by atoms with E-state index < -0.39 is 0 Å². The van der Waals surface area contributed by atoms with Gasteiger partial charge in [0.25, 0.3) is 5.91 Å². The zero-order valence-electron chi connectivity index (χ0n) is 10.6. The van der Waals surface area contributed by atoms with Crippen LogP contribution < -0.4 is 0 Å². The second kappa shape index (κ2) is 4.17. The van der Waals surface area contributed by atoms with Crippen LogP contribution in [0.3, 0.4) is 0 Å². The summed E-state index contributed by atoms with van der Waals surface area (Å²) in [6, 6.07) is 0.695. The Balaban J connectivity index is 2.12. The van der Waals surface area contributed by atoms with Crippen LogP contribution in [0.2, 0.25) is 0 Å². The molecule has 2 heterocycles. The number of hydrogen-bond donors (Lipinski definition) is 0. The predicted octanol–water partition coefficient (Wildman–Crippen LogP) is 1.32. The van der Waals surface area contributed by atoms with Gasteiger partial charge in [-0.25, -0.2) is 5.01 Å². The maximum absolute atomic E-state index is 12.1. The number of carbonyl (C=O) groups excluding carboxylic acids is 1. The van der Waals surface area contributed by atoms with Crippen molar-refractivity contribution < 1.29 is 4.79 Å². The molecule has 0 spiro atoms. The van der Waals surface area contributed by atoms with Crippen molar-refractivity contribution in [3.05, 3.63) is 0 Å². The number of nitrogens with zero attached hydrogens (tertiary/aromatic N) is 3. The highest BCUT2D eigenvalue weighted by Gasteiger charge is 2.40. The van der Waals surface area contributed by atoms with Gasteiger partial charge in [0.15, 0.2) is 0 Å². The molecule has 2 aliphatic rings. The summed E-state index contributed by atoms with van der Waals surface area (Å²) in [7, 11) is 0. The topological polar surface area (TPSA) is 35.9 Å². The number of hydrazone groups is 1. The molecule has 1 saturated heterocycles. The molecule has 0 radical (unpaired) electrons. The van der Waals surface area contributed by atoms with Crippen LogP contribution in [0.1, 0.15) is 34.1 Å². The highest BCUT2D eigenvalue weighted by atomic mass is 16.2. The molecular formula is C12H21N3O. The van der Waals surface area contributed by atoms with Crippen LogP contribution in [0.4, 0.5) is 0 Å². The second-order valence-electron chi connectivity index (χ2n) is 5.26. The first kappa shape index (κ1) is 11.6. The minimum Gasteiger partial charge on any atom is -0.299 e. The fourth-order valence-electron chi connectivity index (χ4n) is 2.39. The molecule has 16 heavy (non-hydrogen) atoms. The summed E-state index contributed by atoms with van der Waals surface area (Å²) in [4.78, 5) is 14.5. The minimum atomic E-state index is 0.0264. The first-order valence-corrected chi connectivity index (χ1v) is 6.15. The molecule has 0 bridgehead atoms. The van der Waals surface area contributed by atoms with E-state index in [1.165, 1.54) is 0 Å². The molecule has 0 aromatic rings. The Kier molecular flexibility index (Phi) is 3.02. The van der Waals surface area contributed by atoms with Crippen molar-refractivity contribution >= 4 is 11.6 Å². The molecule has 0 aromatic carbocycles. The predicted molar refractivity (Wildman–Crippen MR) is 64.2 cm³/mol. The van der Waals surface area contributed by atoms with Gasteiger partial charge in [0.1, 0.15) is 0 Å². The van der Waals surface area contributed by atoms with Crippen LogP contribution in [0.15, 0.2) is 5.10 Å². The third-order valence-electron chi connectivity index (χ3n) is 3.45. The molecule has 1 unspecified atom stereocenters. The molecule has 2 aliphatic heterocycles. The Labute approximate surface area is 97.3 Å². The number of rotatable bonds is 2. The van der Waals surface area contributed by atoms with E-state index in [0.717, 1.165) is 25.2 Å². The average Bonchev–Trinajstić information content (AvgIpc) is 2.56. The average molecular weight is 223 g/mol.